The summed E-state index contributed by atoms with van der Waals surface area (Å²) in [6, 6.07) is 9.90. The average molecular weight is 448 g/mol. The van der Waals surface area contributed by atoms with Gasteiger partial charge in [0.1, 0.15) is 11.6 Å². The second-order valence-electron chi connectivity index (χ2n) is 8.08. The van der Waals surface area contributed by atoms with Gasteiger partial charge in [-0.05, 0) is 50.0 Å². The molecule has 1 amide bonds. The summed E-state index contributed by atoms with van der Waals surface area (Å²) in [5.41, 5.74) is 2.68. The van der Waals surface area contributed by atoms with Crippen molar-refractivity contribution >= 4 is 22.6 Å². The molecular formula is C24H26FN7O. The minimum atomic E-state index is -0.323. The van der Waals surface area contributed by atoms with Crippen LogP contribution in [0.5, 0.6) is 0 Å². The van der Waals surface area contributed by atoms with Crippen LogP contribution < -0.4 is 10.2 Å². The summed E-state index contributed by atoms with van der Waals surface area (Å²) in [6.45, 7) is 2.15. The zero-order chi connectivity index (χ0) is 23.4. The summed E-state index contributed by atoms with van der Waals surface area (Å²) >= 11 is 0. The number of benzene rings is 1. The molecule has 170 valence electrons. The van der Waals surface area contributed by atoms with Gasteiger partial charge in [-0.1, -0.05) is 6.07 Å². The molecule has 0 saturated heterocycles. The third-order valence-corrected chi connectivity index (χ3v) is 5.35. The first kappa shape index (κ1) is 22.3. The van der Waals surface area contributed by atoms with Gasteiger partial charge in [-0.25, -0.2) is 14.1 Å². The van der Waals surface area contributed by atoms with Crippen molar-refractivity contribution in [2.75, 3.05) is 39.1 Å². The predicted molar refractivity (Wildman–Crippen MR) is 126 cm³/mol. The normalized spacial score (nSPS) is 11.2. The number of halogens is 1. The summed E-state index contributed by atoms with van der Waals surface area (Å²) < 4.78 is 14.9. The maximum atomic E-state index is 13.3. The molecule has 3 heterocycles. The number of carbonyl (C=O) groups excluding carboxylic acids is 1. The standard InChI is InChI=1S/C24H26FN7O/c1-30(2)10-11-31(3)23-9-4-17(12-27-23)13-28-24(33)21-14-26-16-22-20(21)15-29-32(22)19-7-5-18(25)6-8-19/h4-9,12,14-16H,10-11,13H2,1-3H3,(H,28,33). The second kappa shape index (κ2) is 9.74. The average Bonchev–Trinajstić information content (AvgIpc) is 3.26. The number of hydrogen-bond donors (Lipinski definition) is 1. The van der Waals surface area contributed by atoms with Crippen molar-refractivity contribution in [2.24, 2.45) is 0 Å². The molecule has 1 aromatic carbocycles. The van der Waals surface area contributed by atoms with Gasteiger partial charge in [0.05, 0.1) is 29.2 Å². The van der Waals surface area contributed by atoms with Crippen LogP contribution in [0.2, 0.25) is 0 Å². The zero-order valence-electron chi connectivity index (χ0n) is 18.9. The number of likely N-dealkylation sites (N-methyl/N-ethyl adjacent to an activating group) is 2. The Morgan fingerprint density at radius 1 is 1.00 bits per heavy atom. The lowest BCUT2D eigenvalue weighted by atomic mass is 10.1. The Hall–Kier alpha value is -3.85. The van der Waals surface area contributed by atoms with Crippen molar-refractivity contribution in [3.63, 3.8) is 0 Å². The van der Waals surface area contributed by atoms with Gasteiger partial charge in [-0.2, -0.15) is 5.10 Å². The van der Waals surface area contributed by atoms with E-state index in [-0.39, 0.29) is 11.7 Å². The van der Waals surface area contributed by atoms with Crippen molar-refractivity contribution in [3.8, 4) is 5.69 Å². The molecule has 0 saturated carbocycles. The lowest BCUT2D eigenvalue weighted by Crippen LogP contribution is -2.29. The van der Waals surface area contributed by atoms with Gasteiger partial charge in [0, 0.05) is 44.5 Å². The van der Waals surface area contributed by atoms with E-state index in [0.717, 1.165) is 24.5 Å². The molecule has 3 aromatic heterocycles. The summed E-state index contributed by atoms with van der Waals surface area (Å²) in [4.78, 5) is 25.8. The van der Waals surface area contributed by atoms with Crippen LogP contribution in [0.4, 0.5) is 10.2 Å². The SMILES string of the molecule is CN(C)CCN(C)c1ccc(CNC(=O)c2cncc3c2cnn3-c2ccc(F)cc2)cn1. The van der Waals surface area contributed by atoms with Gasteiger partial charge in [0.2, 0.25) is 0 Å². The van der Waals surface area contributed by atoms with Crippen molar-refractivity contribution < 1.29 is 9.18 Å². The van der Waals surface area contributed by atoms with E-state index in [4.69, 9.17) is 0 Å². The Morgan fingerprint density at radius 2 is 1.79 bits per heavy atom. The zero-order valence-corrected chi connectivity index (χ0v) is 18.9. The van der Waals surface area contributed by atoms with E-state index in [1.54, 1.807) is 35.4 Å². The fraction of sp³-hybridized carbons (Fsp3) is 0.250. The molecule has 0 bridgehead atoms. The van der Waals surface area contributed by atoms with E-state index in [2.05, 4.69) is 30.2 Å². The molecule has 0 atom stereocenters. The number of hydrogen-bond acceptors (Lipinski definition) is 6. The monoisotopic (exact) mass is 447 g/mol. The van der Waals surface area contributed by atoms with Gasteiger partial charge < -0.3 is 15.1 Å². The van der Waals surface area contributed by atoms with Crippen LogP contribution in [0.25, 0.3) is 16.6 Å². The molecule has 0 spiro atoms. The van der Waals surface area contributed by atoms with Gasteiger partial charge in [-0.3, -0.25) is 9.78 Å². The maximum absolute atomic E-state index is 13.3. The Morgan fingerprint density at radius 3 is 2.48 bits per heavy atom. The van der Waals surface area contributed by atoms with Crippen molar-refractivity contribution in [1.29, 1.82) is 0 Å². The van der Waals surface area contributed by atoms with Crippen molar-refractivity contribution in [1.82, 2.24) is 30.0 Å². The van der Waals surface area contributed by atoms with Crippen LogP contribution in [0.1, 0.15) is 15.9 Å². The van der Waals surface area contributed by atoms with E-state index in [1.165, 1.54) is 18.3 Å². The fourth-order valence-corrected chi connectivity index (χ4v) is 3.40. The number of pyridine rings is 2. The molecule has 0 aliphatic rings. The number of nitrogens with zero attached hydrogens (tertiary/aromatic N) is 6. The molecule has 4 rings (SSSR count). The molecule has 8 nitrogen and oxygen atoms in total. The molecule has 1 N–H and O–H groups in total. The van der Waals surface area contributed by atoms with E-state index < -0.39 is 0 Å². The number of nitrogens with one attached hydrogen (secondary N) is 1. The minimum Gasteiger partial charge on any atom is -0.358 e. The van der Waals surface area contributed by atoms with Crippen LogP contribution in [-0.4, -0.2) is 64.8 Å². The Kier molecular flexibility index (Phi) is 6.60. The molecule has 0 aliphatic heterocycles. The van der Waals surface area contributed by atoms with E-state index in [9.17, 15) is 9.18 Å². The molecule has 0 unspecified atom stereocenters. The van der Waals surface area contributed by atoms with Gasteiger partial charge >= 0.3 is 0 Å². The van der Waals surface area contributed by atoms with Gasteiger partial charge in [-0.15, -0.1) is 0 Å². The third-order valence-electron chi connectivity index (χ3n) is 5.35. The van der Waals surface area contributed by atoms with E-state index in [0.29, 0.717) is 28.7 Å². The summed E-state index contributed by atoms with van der Waals surface area (Å²) in [5.74, 6) is 0.309. The second-order valence-corrected chi connectivity index (χ2v) is 8.08. The molecule has 0 fully saturated rings. The number of rotatable bonds is 8. The quantitative estimate of drug-likeness (QED) is 0.448. The van der Waals surface area contributed by atoms with Crippen LogP contribution in [-0.2, 0) is 6.54 Å². The summed E-state index contributed by atoms with van der Waals surface area (Å²) in [6.07, 6.45) is 6.55. The van der Waals surface area contributed by atoms with Gasteiger partial charge in [0.15, 0.2) is 0 Å². The molecule has 33 heavy (non-hydrogen) atoms. The first-order valence-corrected chi connectivity index (χ1v) is 10.6. The summed E-state index contributed by atoms with van der Waals surface area (Å²) in [5, 5.41) is 7.96. The highest BCUT2D eigenvalue weighted by molar-refractivity contribution is 6.05. The maximum Gasteiger partial charge on any atom is 0.253 e. The largest absolute Gasteiger partial charge is 0.358 e. The van der Waals surface area contributed by atoms with Crippen LogP contribution in [0.15, 0.2) is 61.2 Å². The first-order valence-electron chi connectivity index (χ1n) is 10.6. The third kappa shape index (κ3) is 5.15. The number of amides is 1. The number of anilines is 1. The minimum absolute atomic E-state index is 0.251. The van der Waals surface area contributed by atoms with Crippen LogP contribution in [0, 0.1) is 5.82 Å². The number of carbonyl (C=O) groups is 1. The highest BCUT2D eigenvalue weighted by atomic mass is 19.1. The Balaban J connectivity index is 1.45. The lowest BCUT2D eigenvalue weighted by Gasteiger charge is -2.20. The van der Waals surface area contributed by atoms with Crippen molar-refractivity contribution in [2.45, 2.75) is 6.54 Å². The van der Waals surface area contributed by atoms with E-state index in [1.807, 2.05) is 33.3 Å². The number of fused-ring (bicyclic) bond motifs is 1. The lowest BCUT2D eigenvalue weighted by molar-refractivity contribution is 0.0952. The highest BCUT2D eigenvalue weighted by Gasteiger charge is 2.15. The number of aromatic nitrogens is 4. The smallest absolute Gasteiger partial charge is 0.253 e. The molecule has 0 radical (unpaired) electrons. The first-order chi connectivity index (χ1) is 15.9. The molecule has 9 heteroatoms. The molecular weight excluding hydrogens is 421 g/mol. The van der Waals surface area contributed by atoms with Gasteiger partial charge in [0.25, 0.3) is 5.91 Å². The van der Waals surface area contributed by atoms with Crippen LogP contribution in [0.3, 0.4) is 0 Å². The van der Waals surface area contributed by atoms with E-state index >= 15 is 0 Å². The Bertz CT molecular complexity index is 1240. The molecule has 4 aromatic rings. The topological polar surface area (TPSA) is 79.2 Å². The highest BCUT2D eigenvalue weighted by Crippen LogP contribution is 2.21. The predicted octanol–water partition coefficient (Wildman–Crippen LogP) is 2.88. The van der Waals surface area contributed by atoms with Crippen LogP contribution >= 0.6 is 0 Å². The van der Waals surface area contributed by atoms with Crippen molar-refractivity contribution in [3.05, 3.63) is 78.1 Å². The summed E-state index contributed by atoms with van der Waals surface area (Å²) in [7, 11) is 6.08. The Labute approximate surface area is 191 Å². The molecule has 0 aliphatic carbocycles. The fourth-order valence-electron chi connectivity index (χ4n) is 3.40.